The van der Waals surface area contributed by atoms with Crippen molar-refractivity contribution in [2.24, 2.45) is 0 Å². The summed E-state index contributed by atoms with van der Waals surface area (Å²) in [6.45, 7) is 3.99. The van der Waals surface area contributed by atoms with Gasteiger partial charge in [0.05, 0.1) is 23.0 Å². The minimum atomic E-state index is -0.644. The first kappa shape index (κ1) is 14.4. The molecular formula is C13H15N5OS. The average molecular weight is 289 g/mol. The Bertz CT molecular complexity index is 592. The number of rotatable bonds is 3. The Morgan fingerprint density at radius 1 is 1.45 bits per heavy atom. The third kappa shape index (κ3) is 2.93. The summed E-state index contributed by atoms with van der Waals surface area (Å²) in [4.78, 5) is 19.9. The van der Waals surface area contributed by atoms with Crippen LogP contribution < -0.4 is 5.32 Å². The molecule has 20 heavy (non-hydrogen) atoms. The maximum Gasteiger partial charge on any atom is 0.239 e. The zero-order valence-corrected chi connectivity index (χ0v) is 12.0. The number of aromatic nitrogens is 2. The summed E-state index contributed by atoms with van der Waals surface area (Å²) >= 11 is 1.11. The smallest absolute Gasteiger partial charge is 0.239 e. The molecule has 2 rings (SSSR count). The van der Waals surface area contributed by atoms with E-state index in [2.05, 4.69) is 15.3 Å². The first-order chi connectivity index (χ1) is 9.50. The molecule has 6 nitrogen and oxygen atoms in total. The molecule has 0 aliphatic carbocycles. The second-order valence-electron chi connectivity index (χ2n) is 4.53. The predicted octanol–water partition coefficient (Wildman–Crippen LogP) is 1.54. The van der Waals surface area contributed by atoms with Gasteiger partial charge in [0, 0.05) is 11.8 Å². The number of amides is 1. The van der Waals surface area contributed by atoms with Gasteiger partial charge in [-0.25, -0.2) is 9.97 Å². The molecule has 1 aromatic heterocycles. The Hall–Kier alpha value is -2.02. The number of nitrogens with one attached hydrogen (secondary N) is 3. The highest BCUT2D eigenvalue weighted by Crippen LogP contribution is 2.32. The number of carbonyl (C=O) groups is 1. The molecule has 1 amide bonds. The molecule has 0 saturated carbocycles. The summed E-state index contributed by atoms with van der Waals surface area (Å²) in [6, 6.07) is 1.72. The van der Waals surface area contributed by atoms with Crippen molar-refractivity contribution in [3.05, 3.63) is 35.4 Å². The molecule has 7 heteroatoms. The van der Waals surface area contributed by atoms with E-state index >= 15 is 0 Å². The van der Waals surface area contributed by atoms with Crippen LogP contribution in [0.4, 0.5) is 0 Å². The topological polar surface area (TPSA) is 103 Å². The summed E-state index contributed by atoms with van der Waals surface area (Å²) in [6.07, 6.45) is 3.03. The monoisotopic (exact) mass is 289 g/mol. The van der Waals surface area contributed by atoms with Crippen LogP contribution in [0.5, 0.6) is 0 Å². The number of carbonyl (C=O) groups excluding carboxylic acids is 1. The van der Waals surface area contributed by atoms with Crippen LogP contribution in [0.1, 0.15) is 19.5 Å². The van der Waals surface area contributed by atoms with Gasteiger partial charge in [-0.05, 0) is 19.9 Å². The van der Waals surface area contributed by atoms with Crippen LogP contribution in [-0.2, 0) is 11.3 Å². The highest BCUT2D eigenvalue weighted by Gasteiger charge is 2.36. The standard InChI is InChI=1S/C13H15N5OS/c1-7(2)9-10(14)11(20-12(9)15)13(19)17-5-8-3-4-16-6-18-8/h3-4,6,11,14-15H,5H2,1-2H3,(H,17,19). The third-order valence-corrected chi connectivity index (χ3v) is 3.94. The molecule has 3 N–H and O–H groups in total. The molecule has 0 bridgehead atoms. The van der Waals surface area contributed by atoms with Crippen LogP contribution >= 0.6 is 11.8 Å². The van der Waals surface area contributed by atoms with Gasteiger partial charge >= 0.3 is 0 Å². The number of thioether (sulfide) groups is 1. The van der Waals surface area contributed by atoms with Crippen LogP contribution in [-0.4, -0.2) is 31.9 Å². The van der Waals surface area contributed by atoms with Crippen LogP contribution in [0, 0.1) is 10.8 Å². The summed E-state index contributed by atoms with van der Waals surface area (Å²) < 4.78 is 0. The normalized spacial score (nSPS) is 18.3. The largest absolute Gasteiger partial charge is 0.349 e. The fourth-order valence-electron chi connectivity index (χ4n) is 1.86. The molecule has 0 aromatic carbocycles. The van der Waals surface area contributed by atoms with Crippen molar-refractivity contribution in [2.45, 2.75) is 25.6 Å². The molecular weight excluding hydrogens is 274 g/mol. The Labute approximate surface area is 121 Å². The van der Waals surface area contributed by atoms with Crippen molar-refractivity contribution in [3.63, 3.8) is 0 Å². The van der Waals surface area contributed by atoms with E-state index < -0.39 is 5.25 Å². The van der Waals surface area contributed by atoms with Crippen molar-refractivity contribution in [1.29, 1.82) is 10.8 Å². The molecule has 1 unspecified atom stereocenters. The van der Waals surface area contributed by atoms with Gasteiger partial charge in [0.2, 0.25) is 5.91 Å². The van der Waals surface area contributed by atoms with Crippen molar-refractivity contribution < 1.29 is 4.79 Å². The van der Waals surface area contributed by atoms with Gasteiger partial charge in [-0.2, -0.15) is 0 Å². The SMILES string of the molecule is CC(C)=C1C(=N)SC(C(=O)NCc2ccncn2)C1=N. The Morgan fingerprint density at radius 2 is 2.20 bits per heavy atom. The van der Waals surface area contributed by atoms with Gasteiger partial charge in [0.1, 0.15) is 11.6 Å². The zero-order chi connectivity index (χ0) is 14.7. The number of hydrogen-bond acceptors (Lipinski definition) is 6. The summed E-state index contributed by atoms with van der Waals surface area (Å²) in [7, 11) is 0. The molecule has 0 spiro atoms. The van der Waals surface area contributed by atoms with Gasteiger partial charge in [0.15, 0.2) is 0 Å². The van der Waals surface area contributed by atoms with E-state index in [1.54, 1.807) is 12.3 Å². The Kier molecular flexibility index (Phi) is 4.29. The summed E-state index contributed by atoms with van der Waals surface area (Å²) in [5.74, 6) is -0.264. The van der Waals surface area contributed by atoms with Gasteiger partial charge in [-0.15, -0.1) is 0 Å². The van der Waals surface area contributed by atoms with Crippen LogP contribution in [0.15, 0.2) is 29.7 Å². The molecule has 1 saturated heterocycles. The van der Waals surface area contributed by atoms with E-state index in [4.69, 9.17) is 10.8 Å². The number of hydrogen-bond donors (Lipinski definition) is 3. The van der Waals surface area contributed by atoms with Crippen molar-refractivity contribution >= 4 is 28.4 Å². The molecule has 1 aliphatic rings. The minimum Gasteiger partial charge on any atom is -0.349 e. The van der Waals surface area contributed by atoms with Crippen LogP contribution in [0.3, 0.4) is 0 Å². The molecule has 1 fully saturated rings. The second kappa shape index (κ2) is 5.96. The zero-order valence-electron chi connectivity index (χ0n) is 11.2. The van der Waals surface area contributed by atoms with Gasteiger partial charge in [0.25, 0.3) is 0 Å². The molecule has 1 aromatic rings. The quantitative estimate of drug-likeness (QED) is 0.785. The first-order valence-electron chi connectivity index (χ1n) is 6.05. The van der Waals surface area contributed by atoms with Gasteiger partial charge < -0.3 is 10.7 Å². The van der Waals surface area contributed by atoms with E-state index in [0.717, 1.165) is 17.3 Å². The van der Waals surface area contributed by atoms with Gasteiger partial charge in [-0.3, -0.25) is 10.2 Å². The highest BCUT2D eigenvalue weighted by molar-refractivity contribution is 8.17. The van der Waals surface area contributed by atoms with Crippen LogP contribution in [0.25, 0.3) is 0 Å². The lowest BCUT2D eigenvalue weighted by Gasteiger charge is -2.09. The molecule has 1 atom stereocenters. The van der Waals surface area contributed by atoms with Crippen molar-refractivity contribution in [2.75, 3.05) is 0 Å². The average Bonchev–Trinajstić information content (AvgIpc) is 2.72. The highest BCUT2D eigenvalue weighted by atomic mass is 32.2. The van der Waals surface area contributed by atoms with E-state index in [9.17, 15) is 4.79 Å². The lowest BCUT2D eigenvalue weighted by molar-refractivity contribution is -0.119. The van der Waals surface area contributed by atoms with E-state index in [0.29, 0.717) is 17.8 Å². The summed E-state index contributed by atoms with van der Waals surface area (Å²) in [5, 5.41) is 18.3. The van der Waals surface area contributed by atoms with E-state index in [-0.39, 0.29) is 16.7 Å². The Balaban J connectivity index is 2.03. The third-order valence-electron chi connectivity index (χ3n) is 2.82. The Morgan fingerprint density at radius 3 is 2.75 bits per heavy atom. The predicted molar refractivity (Wildman–Crippen MR) is 79.1 cm³/mol. The van der Waals surface area contributed by atoms with Crippen molar-refractivity contribution in [3.8, 4) is 0 Å². The fraction of sp³-hybridized carbons (Fsp3) is 0.308. The molecule has 104 valence electrons. The minimum absolute atomic E-state index is 0.209. The maximum absolute atomic E-state index is 12.1. The van der Waals surface area contributed by atoms with Crippen molar-refractivity contribution in [1.82, 2.24) is 15.3 Å². The molecule has 2 heterocycles. The fourth-order valence-corrected chi connectivity index (χ4v) is 2.96. The molecule has 1 aliphatic heterocycles. The number of nitrogens with zero attached hydrogens (tertiary/aromatic N) is 2. The van der Waals surface area contributed by atoms with Gasteiger partial charge in [-0.1, -0.05) is 17.3 Å². The second-order valence-corrected chi connectivity index (χ2v) is 5.65. The van der Waals surface area contributed by atoms with E-state index in [1.165, 1.54) is 6.33 Å². The van der Waals surface area contributed by atoms with E-state index in [1.807, 2.05) is 13.8 Å². The first-order valence-corrected chi connectivity index (χ1v) is 6.93. The maximum atomic E-state index is 12.1. The lowest BCUT2D eigenvalue weighted by atomic mass is 10.0. The summed E-state index contributed by atoms with van der Waals surface area (Å²) in [5.41, 5.74) is 2.39. The lowest BCUT2D eigenvalue weighted by Crippen LogP contribution is -2.35. The van der Waals surface area contributed by atoms with Crippen LogP contribution in [0.2, 0.25) is 0 Å². The number of allylic oxidation sites excluding steroid dienone is 1. The molecule has 0 radical (unpaired) electrons.